The Morgan fingerprint density at radius 1 is 1.09 bits per heavy atom. The van der Waals surface area contributed by atoms with Crippen LogP contribution in [0.2, 0.25) is 0 Å². The summed E-state index contributed by atoms with van der Waals surface area (Å²) in [5, 5.41) is 2.89. The summed E-state index contributed by atoms with van der Waals surface area (Å²) in [5.41, 5.74) is 3.58. The van der Waals surface area contributed by atoms with E-state index < -0.39 is 5.54 Å². The highest BCUT2D eigenvalue weighted by atomic mass is 16.2. The number of aryl methyl sites for hydroxylation is 1. The van der Waals surface area contributed by atoms with Crippen LogP contribution in [0.4, 0.5) is 5.69 Å². The van der Waals surface area contributed by atoms with Gasteiger partial charge >= 0.3 is 0 Å². The van der Waals surface area contributed by atoms with Crippen LogP contribution in [0.25, 0.3) is 0 Å². The van der Waals surface area contributed by atoms with E-state index in [9.17, 15) is 9.59 Å². The van der Waals surface area contributed by atoms with Gasteiger partial charge in [0.15, 0.2) is 5.54 Å². The summed E-state index contributed by atoms with van der Waals surface area (Å²) in [6, 6.07) is 16.5. The third-order valence-electron chi connectivity index (χ3n) is 7.51. The molecule has 1 saturated heterocycles. The van der Waals surface area contributed by atoms with E-state index in [0.717, 1.165) is 56.0 Å². The van der Waals surface area contributed by atoms with Gasteiger partial charge in [-0.3, -0.25) is 19.5 Å². The lowest BCUT2D eigenvalue weighted by Gasteiger charge is -2.33. The van der Waals surface area contributed by atoms with Crippen molar-refractivity contribution in [3.8, 4) is 0 Å². The van der Waals surface area contributed by atoms with Crippen molar-refractivity contribution in [2.75, 3.05) is 31.5 Å². The first-order chi connectivity index (χ1) is 16.8. The van der Waals surface area contributed by atoms with E-state index in [2.05, 4.69) is 41.4 Å². The van der Waals surface area contributed by atoms with Crippen molar-refractivity contribution in [1.82, 2.24) is 9.80 Å². The Morgan fingerprint density at radius 3 is 2.46 bits per heavy atom. The molecule has 1 N–H and O–H groups in total. The largest absolute Gasteiger partial charge is 0.326 e. The van der Waals surface area contributed by atoms with E-state index in [1.165, 1.54) is 11.1 Å². The van der Waals surface area contributed by atoms with Gasteiger partial charge < -0.3 is 10.2 Å². The zero-order valence-corrected chi connectivity index (χ0v) is 21.5. The van der Waals surface area contributed by atoms with Gasteiger partial charge in [-0.25, -0.2) is 0 Å². The Morgan fingerprint density at radius 2 is 1.80 bits per heavy atom. The maximum Gasteiger partial charge on any atom is 0.260 e. The monoisotopic (exact) mass is 474 g/mol. The minimum atomic E-state index is -0.776. The third-order valence-corrected chi connectivity index (χ3v) is 7.51. The Balaban J connectivity index is 1.29. The summed E-state index contributed by atoms with van der Waals surface area (Å²) in [4.78, 5) is 34.2. The average Bonchev–Trinajstić information content (AvgIpc) is 3.10. The number of nitrogens with one attached hydrogen (secondary N) is 1. The number of carbonyl (C=O) groups is 2. The fraction of sp³-hybridized carbons (Fsp3) is 0.483. The molecule has 0 aliphatic carbocycles. The van der Waals surface area contributed by atoms with Gasteiger partial charge in [-0.15, -0.1) is 0 Å². The van der Waals surface area contributed by atoms with E-state index in [0.29, 0.717) is 18.9 Å². The predicted molar refractivity (Wildman–Crippen MR) is 142 cm³/mol. The number of hydrogen-bond acceptors (Lipinski definition) is 4. The van der Waals surface area contributed by atoms with Gasteiger partial charge in [0.1, 0.15) is 5.84 Å². The van der Waals surface area contributed by atoms with Gasteiger partial charge in [-0.1, -0.05) is 48.9 Å². The first-order valence-electron chi connectivity index (χ1n) is 12.9. The van der Waals surface area contributed by atoms with Crippen molar-refractivity contribution < 1.29 is 9.59 Å². The Hall–Kier alpha value is -2.99. The quantitative estimate of drug-likeness (QED) is 0.580. The summed E-state index contributed by atoms with van der Waals surface area (Å²) in [6.45, 7) is 11.4. The number of piperidine rings is 1. The smallest absolute Gasteiger partial charge is 0.260 e. The van der Waals surface area contributed by atoms with Crippen LogP contribution in [0.3, 0.4) is 0 Å². The average molecular weight is 475 g/mol. The molecule has 186 valence electrons. The normalized spacial score (nSPS) is 21.3. The van der Waals surface area contributed by atoms with E-state index in [1.807, 2.05) is 43.0 Å². The number of anilines is 1. The second-order valence-corrected chi connectivity index (χ2v) is 9.97. The van der Waals surface area contributed by atoms with Crippen LogP contribution in [0.1, 0.15) is 69.1 Å². The molecule has 6 nitrogen and oxygen atoms in total. The molecule has 2 aliphatic heterocycles. The number of benzene rings is 2. The minimum absolute atomic E-state index is 0.0382. The van der Waals surface area contributed by atoms with Crippen LogP contribution in [0, 0.1) is 6.92 Å². The molecule has 2 aliphatic rings. The van der Waals surface area contributed by atoms with Gasteiger partial charge in [-0.2, -0.15) is 0 Å². The lowest BCUT2D eigenvalue weighted by molar-refractivity contribution is -0.131. The standard InChI is InChI=1S/C29H38N4O2/c1-5-29(26-12-10-21(2)11-13-26)28(35)33(22(3)31-29)17-7-16-32-18-14-24(15-19-32)25-8-6-9-27(20-25)30-23(4)34/h6,8-13,20,24H,5,7,14-19H2,1-4H3,(H,30,34)/t29-/m1/s1. The number of rotatable bonds is 8. The van der Waals surface area contributed by atoms with E-state index in [-0.39, 0.29) is 11.8 Å². The summed E-state index contributed by atoms with van der Waals surface area (Å²) in [7, 11) is 0. The van der Waals surface area contributed by atoms with E-state index in [4.69, 9.17) is 4.99 Å². The van der Waals surface area contributed by atoms with Crippen LogP contribution < -0.4 is 5.32 Å². The van der Waals surface area contributed by atoms with Crippen molar-refractivity contribution in [3.63, 3.8) is 0 Å². The van der Waals surface area contributed by atoms with Crippen LogP contribution in [-0.4, -0.2) is 53.6 Å². The summed E-state index contributed by atoms with van der Waals surface area (Å²) >= 11 is 0. The van der Waals surface area contributed by atoms with Gasteiger partial charge in [0.05, 0.1) is 0 Å². The van der Waals surface area contributed by atoms with Gasteiger partial charge in [0.25, 0.3) is 5.91 Å². The maximum absolute atomic E-state index is 13.5. The molecule has 2 heterocycles. The highest BCUT2D eigenvalue weighted by Gasteiger charge is 2.46. The van der Waals surface area contributed by atoms with Crippen LogP contribution >= 0.6 is 0 Å². The Bertz CT molecular complexity index is 1090. The third kappa shape index (κ3) is 5.48. The molecule has 1 atom stereocenters. The van der Waals surface area contributed by atoms with Crippen LogP contribution in [-0.2, 0) is 15.1 Å². The molecule has 0 aromatic heterocycles. The molecule has 2 amide bonds. The maximum atomic E-state index is 13.5. The number of hydrogen-bond donors (Lipinski definition) is 1. The van der Waals surface area contributed by atoms with Gasteiger partial charge in [-0.05, 0) is 88.3 Å². The molecule has 0 radical (unpaired) electrons. The van der Waals surface area contributed by atoms with Gasteiger partial charge in [0.2, 0.25) is 5.91 Å². The molecular formula is C29H38N4O2. The molecule has 1 fully saturated rings. The molecule has 4 rings (SSSR count). The van der Waals surface area contributed by atoms with Crippen molar-refractivity contribution in [3.05, 3.63) is 65.2 Å². The van der Waals surface area contributed by atoms with Crippen molar-refractivity contribution in [2.45, 2.75) is 64.8 Å². The van der Waals surface area contributed by atoms with Gasteiger partial charge in [0, 0.05) is 19.2 Å². The molecule has 0 unspecified atom stereocenters. The van der Waals surface area contributed by atoms with Crippen LogP contribution in [0.5, 0.6) is 0 Å². The summed E-state index contributed by atoms with van der Waals surface area (Å²) < 4.78 is 0. The second-order valence-electron chi connectivity index (χ2n) is 9.97. The highest BCUT2D eigenvalue weighted by Crippen LogP contribution is 2.37. The number of nitrogens with zero attached hydrogens (tertiary/aromatic N) is 3. The zero-order valence-electron chi connectivity index (χ0n) is 21.5. The summed E-state index contributed by atoms with van der Waals surface area (Å²) in [5.74, 6) is 1.42. The van der Waals surface area contributed by atoms with E-state index >= 15 is 0 Å². The molecule has 6 heteroatoms. The number of amides is 2. The predicted octanol–water partition coefficient (Wildman–Crippen LogP) is 5.09. The molecule has 0 spiro atoms. The number of carbonyl (C=O) groups excluding carboxylic acids is 2. The SMILES string of the molecule is CC[C@]1(c2ccc(C)cc2)N=C(C)N(CCCN2CCC(c3cccc(NC(C)=O)c3)CC2)C1=O. The van der Waals surface area contributed by atoms with Crippen LogP contribution in [0.15, 0.2) is 53.5 Å². The molecule has 0 saturated carbocycles. The lowest BCUT2D eigenvalue weighted by Crippen LogP contribution is -2.42. The molecule has 2 aromatic carbocycles. The lowest BCUT2D eigenvalue weighted by atomic mass is 9.87. The van der Waals surface area contributed by atoms with Crippen molar-refractivity contribution in [2.24, 2.45) is 4.99 Å². The first-order valence-corrected chi connectivity index (χ1v) is 12.9. The van der Waals surface area contributed by atoms with Crippen molar-refractivity contribution >= 4 is 23.3 Å². The molecule has 0 bridgehead atoms. The fourth-order valence-electron chi connectivity index (χ4n) is 5.49. The van der Waals surface area contributed by atoms with E-state index in [1.54, 1.807) is 6.92 Å². The number of aliphatic imine (C=N–C) groups is 1. The molecule has 35 heavy (non-hydrogen) atoms. The number of amidine groups is 1. The minimum Gasteiger partial charge on any atom is -0.326 e. The zero-order chi connectivity index (χ0) is 25.0. The van der Waals surface area contributed by atoms with Crippen molar-refractivity contribution in [1.29, 1.82) is 0 Å². The first kappa shape index (κ1) is 25.1. The number of likely N-dealkylation sites (tertiary alicyclic amines) is 1. The topological polar surface area (TPSA) is 65.0 Å². The second kappa shape index (κ2) is 10.7. The molecular weight excluding hydrogens is 436 g/mol. The molecule has 2 aromatic rings. The highest BCUT2D eigenvalue weighted by molar-refractivity contribution is 6.07. The fourth-order valence-corrected chi connectivity index (χ4v) is 5.49. The summed E-state index contributed by atoms with van der Waals surface area (Å²) in [6.07, 6.45) is 3.83. The Kier molecular flexibility index (Phi) is 7.70. The Labute approximate surface area is 209 Å².